The van der Waals surface area contributed by atoms with Gasteiger partial charge in [-0.3, -0.25) is 4.79 Å². The minimum absolute atomic E-state index is 0.0435. The van der Waals surface area contributed by atoms with E-state index in [1.54, 1.807) is 0 Å². The summed E-state index contributed by atoms with van der Waals surface area (Å²) in [5.74, 6) is -0.735. The number of nitrogens with one attached hydrogen (secondary N) is 1. The minimum atomic E-state index is -0.475. The number of benzene rings is 2. The number of carbonyl (C=O) groups is 1. The molecule has 2 rings (SSSR count). The van der Waals surface area contributed by atoms with E-state index in [-0.39, 0.29) is 32.1 Å². The van der Waals surface area contributed by atoms with Crippen molar-refractivity contribution in [1.82, 2.24) is 0 Å². The van der Waals surface area contributed by atoms with Crippen molar-refractivity contribution in [3.63, 3.8) is 0 Å². The van der Waals surface area contributed by atoms with Gasteiger partial charge in [-0.15, -0.1) is 0 Å². The van der Waals surface area contributed by atoms with Crippen LogP contribution in [0.15, 0.2) is 30.3 Å². The predicted octanol–water partition coefficient (Wildman–Crippen LogP) is 5.26. The van der Waals surface area contributed by atoms with Crippen molar-refractivity contribution < 1.29 is 9.90 Å². The lowest BCUT2D eigenvalue weighted by Gasteiger charge is -2.09. The molecule has 2 aromatic rings. The van der Waals surface area contributed by atoms with Crippen LogP contribution in [-0.2, 0) is 0 Å². The zero-order valence-electron chi connectivity index (χ0n) is 9.75. The molecule has 2 N–H and O–H groups in total. The van der Waals surface area contributed by atoms with Gasteiger partial charge in [-0.25, -0.2) is 0 Å². The number of rotatable bonds is 2. The molecule has 2 aromatic carbocycles. The van der Waals surface area contributed by atoms with Crippen LogP contribution in [0.5, 0.6) is 5.75 Å². The van der Waals surface area contributed by atoms with E-state index >= 15 is 0 Å². The number of carbonyl (C=O) groups excluding carboxylic acids is 1. The Balaban J connectivity index is 2.30. The lowest BCUT2D eigenvalue weighted by molar-refractivity contribution is 0.102. The van der Waals surface area contributed by atoms with E-state index in [9.17, 15) is 9.90 Å². The smallest absolute Gasteiger partial charge is 0.255 e. The highest BCUT2D eigenvalue weighted by atomic mass is 35.5. The lowest BCUT2D eigenvalue weighted by Crippen LogP contribution is -2.12. The molecule has 0 aliphatic heterocycles. The van der Waals surface area contributed by atoms with Crippen molar-refractivity contribution in [3.05, 3.63) is 56.0 Å². The first-order chi connectivity index (χ1) is 9.38. The largest absolute Gasteiger partial charge is 0.504 e. The van der Waals surface area contributed by atoms with Gasteiger partial charge >= 0.3 is 0 Å². The average Bonchev–Trinajstić information content (AvgIpc) is 2.38. The van der Waals surface area contributed by atoms with Crippen molar-refractivity contribution in [2.24, 2.45) is 0 Å². The molecule has 3 nitrogen and oxygen atoms in total. The van der Waals surface area contributed by atoms with E-state index in [1.165, 1.54) is 30.3 Å². The summed E-state index contributed by atoms with van der Waals surface area (Å²) in [6, 6.07) is 7.18. The van der Waals surface area contributed by atoms with Crippen LogP contribution in [-0.4, -0.2) is 11.0 Å². The number of hydrogen-bond donors (Lipinski definition) is 2. The lowest BCUT2D eigenvalue weighted by atomic mass is 10.2. The van der Waals surface area contributed by atoms with Crippen LogP contribution in [0.4, 0.5) is 5.69 Å². The molecule has 0 saturated heterocycles. The van der Waals surface area contributed by atoms with Gasteiger partial charge in [-0.05, 0) is 30.3 Å². The van der Waals surface area contributed by atoms with E-state index in [2.05, 4.69) is 5.32 Å². The van der Waals surface area contributed by atoms with Crippen LogP contribution in [0.2, 0.25) is 20.1 Å². The van der Waals surface area contributed by atoms with Crippen LogP contribution in [0, 0.1) is 0 Å². The Morgan fingerprint density at radius 2 is 1.65 bits per heavy atom. The van der Waals surface area contributed by atoms with Crippen molar-refractivity contribution in [1.29, 1.82) is 0 Å². The van der Waals surface area contributed by atoms with E-state index in [4.69, 9.17) is 46.4 Å². The monoisotopic (exact) mass is 349 g/mol. The summed E-state index contributed by atoms with van der Waals surface area (Å²) in [6.07, 6.45) is 0. The fraction of sp³-hybridized carbons (Fsp3) is 0. The van der Waals surface area contributed by atoms with Gasteiger partial charge in [0.2, 0.25) is 0 Å². The Morgan fingerprint density at radius 1 is 0.950 bits per heavy atom. The van der Waals surface area contributed by atoms with Gasteiger partial charge in [0.05, 0.1) is 20.8 Å². The number of phenolic OH excluding ortho intramolecular Hbond substituents is 1. The quantitative estimate of drug-likeness (QED) is 0.726. The standard InChI is InChI=1S/C13H7Cl4NO2/c14-7-4-10(17)12(19)11(5-7)18-13(20)6-1-2-8(15)9(16)3-6/h1-5,19H,(H,18,20). The second-order valence-electron chi connectivity index (χ2n) is 3.87. The van der Waals surface area contributed by atoms with Gasteiger partial charge in [0.25, 0.3) is 5.91 Å². The predicted molar refractivity (Wildman–Crippen MR) is 82.5 cm³/mol. The topological polar surface area (TPSA) is 49.3 Å². The molecule has 0 spiro atoms. The molecule has 0 heterocycles. The van der Waals surface area contributed by atoms with Crippen molar-refractivity contribution in [3.8, 4) is 5.75 Å². The SMILES string of the molecule is O=C(Nc1cc(Cl)cc(Cl)c1O)c1ccc(Cl)c(Cl)c1. The Morgan fingerprint density at radius 3 is 2.30 bits per heavy atom. The molecule has 0 unspecified atom stereocenters. The van der Waals surface area contributed by atoms with Gasteiger partial charge < -0.3 is 10.4 Å². The third-order valence-electron chi connectivity index (χ3n) is 2.46. The minimum Gasteiger partial charge on any atom is -0.504 e. The Labute approximate surface area is 135 Å². The third-order valence-corrected chi connectivity index (χ3v) is 3.70. The summed E-state index contributed by atoms with van der Waals surface area (Å²) >= 11 is 23.2. The first kappa shape index (κ1) is 15.3. The zero-order chi connectivity index (χ0) is 14.9. The molecule has 0 radical (unpaired) electrons. The number of phenols is 1. The van der Waals surface area contributed by atoms with Gasteiger partial charge in [0, 0.05) is 10.6 Å². The van der Waals surface area contributed by atoms with Gasteiger partial charge in [0.15, 0.2) is 5.75 Å². The van der Waals surface area contributed by atoms with E-state index < -0.39 is 5.91 Å². The number of amides is 1. The molecule has 0 fully saturated rings. The van der Waals surface area contributed by atoms with Crippen LogP contribution in [0.25, 0.3) is 0 Å². The van der Waals surface area contributed by atoms with Crippen molar-refractivity contribution in [2.75, 3.05) is 5.32 Å². The van der Waals surface area contributed by atoms with Crippen LogP contribution < -0.4 is 5.32 Å². The molecule has 20 heavy (non-hydrogen) atoms. The maximum Gasteiger partial charge on any atom is 0.255 e. The maximum atomic E-state index is 12.0. The van der Waals surface area contributed by atoms with Gasteiger partial charge in [-0.1, -0.05) is 46.4 Å². The normalized spacial score (nSPS) is 10.4. The average molecular weight is 351 g/mol. The second-order valence-corrected chi connectivity index (χ2v) is 5.52. The number of anilines is 1. The van der Waals surface area contributed by atoms with Crippen molar-refractivity contribution in [2.45, 2.75) is 0 Å². The van der Waals surface area contributed by atoms with E-state index in [0.717, 1.165) is 0 Å². The Hall–Kier alpha value is -1.13. The highest BCUT2D eigenvalue weighted by Gasteiger charge is 2.13. The molecule has 1 amide bonds. The molecule has 0 aromatic heterocycles. The summed E-state index contributed by atoms with van der Waals surface area (Å²) in [5, 5.41) is 13.2. The molecule has 104 valence electrons. The first-order valence-electron chi connectivity index (χ1n) is 5.33. The molecule has 0 aliphatic carbocycles. The second kappa shape index (κ2) is 6.10. The fourth-order valence-corrected chi connectivity index (χ4v) is 2.28. The van der Waals surface area contributed by atoms with Gasteiger partial charge in [0.1, 0.15) is 0 Å². The zero-order valence-corrected chi connectivity index (χ0v) is 12.8. The number of aromatic hydroxyl groups is 1. The van der Waals surface area contributed by atoms with Crippen LogP contribution >= 0.6 is 46.4 Å². The molecule has 0 aliphatic rings. The first-order valence-corrected chi connectivity index (χ1v) is 6.84. The summed E-state index contributed by atoms with van der Waals surface area (Å²) in [7, 11) is 0. The van der Waals surface area contributed by atoms with E-state index in [0.29, 0.717) is 5.02 Å². The summed E-state index contributed by atoms with van der Waals surface area (Å²) in [4.78, 5) is 12.0. The molecular formula is C13H7Cl4NO2. The van der Waals surface area contributed by atoms with Crippen LogP contribution in [0.1, 0.15) is 10.4 Å². The molecule has 0 saturated carbocycles. The van der Waals surface area contributed by atoms with E-state index in [1.807, 2.05) is 0 Å². The molecule has 7 heteroatoms. The maximum absolute atomic E-state index is 12.0. The summed E-state index contributed by atoms with van der Waals surface area (Å²) in [6.45, 7) is 0. The number of halogens is 4. The van der Waals surface area contributed by atoms with Crippen LogP contribution in [0.3, 0.4) is 0 Å². The summed E-state index contributed by atoms with van der Waals surface area (Å²) in [5.41, 5.74) is 0.397. The highest BCUT2D eigenvalue weighted by Crippen LogP contribution is 2.35. The molecule has 0 atom stereocenters. The fourth-order valence-electron chi connectivity index (χ4n) is 1.49. The number of hydrogen-bond acceptors (Lipinski definition) is 2. The Kier molecular flexibility index (Phi) is 4.66. The molecular weight excluding hydrogens is 344 g/mol. The molecule has 0 bridgehead atoms. The third kappa shape index (κ3) is 3.30. The summed E-state index contributed by atoms with van der Waals surface area (Å²) < 4.78 is 0. The highest BCUT2D eigenvalue weighted by molar-refractivity contribution is 6.42. The Bertz CT molecular complexity index is 688. The van der Waals surface area contributed by atoms with Gasteiger partial charge in [-0.2, -0.15) is 0 Å². The van der Waals surface area contributed by atoms with Crippen molar-refractivity contribution >= 4 is 58.0 Å².